The predicted molar refractivity (Wildman–Crippen MR) is 94.0 cm³/mol. The molecule has 1 N–H and O–H groups in total. The first kappa shape index (κ1) is 17.6. The molecule has 142 valence electrons. The summed E-state index contributed by atoms with van der Waals surface area (Å²) in [6, 6.07) is 8.08. The SMILES string of the molecule is O=C(COc1ccc(F)cc1F)Nc1ccc2c(c1)OC1(CCCCC1)O2. The van der Waals surface area contributed by atoms with Crippen LogP contribution in [0.25, 0.3) is 0 Å². The summed E-state index contributed by atoms with van der Waals surface area (Å²) in [5, 5.41) is 2.67. The molecule has 4 rings (SSSR count). The average molecular weight is 375 g/mol. The summed E-state index contributed by atoms with van der Waals surface area (Å²) >= 11 is 0. The van der Waals surface area contributed by atoms with E-state index in [1.807, 2.05) is 0 Å². The second-order valence-electron chi connectivity index (χ2n) is 6.75. The topological polar surface area (TPSA) is 56.8 Å². The molecule has 2 aromatic rings. The van der Waals surface area contributed by atoms with Gasteiger partial charge in [0.05, 0.1) is 0 Å². The van der Waals surface area contributed by atoms with Crippen molar-refractivity contribution in [3.8, 4) is 17.2 Å². The van der Waals surface area contributed by atoms with E-state index in [0.717, 1.165) is 37.8 Å². The van der Waals surface area contributed by atoms with Crippen molar-refractivity contribution in [2.75, 3.05) is 11.9 Å². The number of hydrogen-bond acceptors (Lipinski definition) is 4. The van der Waals surface area contributed by atoms with Gasteiger partial charge in [-0.15, -0.1) is 0 Å². The molecule has 0 bridgehead atoms. The Morgan fingerprint density at radius 3 is 2.59 bits per heavy atom. The molecule has 27 heavy (non-hydrogen) atoms. The quantitative estimate of drug-likeness (QED) is 0.860. The Morgan fingerprint density at radius 2 is 1.81 bits per heavy atom. The van der Waals surface area contributed by atoms with E-state index in [9.17, 15) is 13.6 Å². The minimum atomic E-state index is -0.858. The van der Waals surface area contributed by atoms with Gasteiger partial charge in [-0.2, -0.15) is 0 Å². The summed E-state index contributed by atoms with van der Waals surface area (Å²) in [5.41, 5.74) is 0.526. The molecule has 1 saturated carbocycles. The van der Waals surface area contributed by atoms with E-state index in [1.165, 1.54) is 6.42 Å². The lowest BCUT2D eigenvalue weighted by Gasteiger charge is -2.31. The summed E-state index contributed by atoms with van der Waals surface area (Å²) in [7, 11) is 0. The molecule has 0 aromatic heterocycles. The number of nitrogens with one attached hydrogen (secondary N) is 1. The maximum Gasteiger partial charge on any atom is 0.262 e. The van der Waals surface area contributed by atoms with E-state index in [1.54, 1.807) is 18.2 Å². The molecule has 1 aliphatic carbocycles. The van der Waals surface area contributed by atoms with Crippen LogP contribution in [0.3, 0.4) is 0 Å². The number of ether oxygens (including phenoxy) is 3. The minimum absolute atomic E-state index is 0.184. The lowest BCUT2D eigenvalue weighted by molar-refractivity contribution is -0.118. The molecule has 0 radical (unpaired) electrons. The highest BCUT2D eigenvalue weighted by atomic mass is 19.1. The molecule has 1 amide bonds. The van der Waals surface area contributed by atoms with Crippen molar-refractivity contribution in [1.29, 1.82) is 0 Å². The summed E-state index contributed by atoms with van der Waals surface area (Å²) in [6.45, 7) is -0.402. The molecule has 1 fully saturated rings. The highest BCUT2D eigenvalue weighted by Gasteiger charge is 2.42. The zero-order valence-electron chi connectivity index (χ0n) is 14.6. The van der Waals surface area contributed by atoms with Crippen molar-refractivity contribution in [2.45, 2.75) is 37.9 Å². The lowest BCUT2D eigenvalue weighted by Crippen LogP contribution is -2.40. The van der Waals surface area contributed by atoms with Gasteiger partial charge in [0.1, 0.15) is 5.82 Å². The minimum Gasteiger partial charge on any atom is -0.481 e. The summed E-state index contributed by atoms with van der Waals surface area (Å²) in [5.74, 6) is -1.53. The van der Waals surface area contributed by atoms with Gasteiger partial charge in [0, 0.05) is 30.7 Å². The second kappa shape index (κ2) is 7.06. The lowest BCUT2D eigenvalue weighted by atomic mass is 9.94. The fourth-order valence-electron chi connectivity index (χ4n) is 3.40. The summed E-state index contributed by atoms with van der Waals surface area (Å²) in [6.07, 6.45) is 5.01. The molecule has 7 heteroatoms. The van der Waals surface area contributed by atoms with Gasteiger partial charge in [0.2, 0.25) is 0 Å². The molecule has 5 nitrogen and oxygen atoms in total. The van der Waals surface area contributed by atoms with Crippen LogP contribution < -0.4 is 19.5 Å². The standard InChI is InChI=1S/C20H19F2NO4/c21-13-4-6-16(15(22)10-13)25-12-19(24)23-14-5-7-17-18(11-14)27-20(26-17)8-2-1-3-9-20/h4-7,10-11H,1-3,8-9,12H2,(H,23,24). The highest BCUT2D eigenvalue weighted by Crippen LogP contribution is 2.46. The highest BCUT2D eigenvalue weighted by molar-refractivity contribution is 5.92. The fraction of sp³-hybridized carbons (Fsp3) is 0.350. The fourth-order valence-corrected chi connectivity index (χ4v) is 3.40. The van der Waals surface area contributed by atoms with Crippen LogP contribution in [0.1, 0.15) is 32.1 Å². The number of rotatable bonds is 4. The number of benzene rings is 2. The summed E-state index contributed by atoms with van der Waals surface area (Å²) in [4.78, 5) is 12.1. The third-order valence-electron chi connectivity index (χ3n) is 4.69. The Morgan fingerprint density at radius 1 is 1.04 bits per heavy atom. The number of carbonyl (C=O) groups excluding carboxylic acids is 1. The first-order chi connectivity index (χ1) is 13.0. The number of amides is 1. The number of anilines is 1. The van der Waals surface area contributed by atoms with Gasteiger partial charge in [-0.1, -0.05) is 6.42 Å². The van der Waals surface area contributed by atoms with Crippen LogP contribution >= 0.6 is 0 Å². The van der Waals surface area contributed by atoms with Crippen LogP contribution in [0, 0.1) is 11.6 Å². The van der Waals surface area contributed by atoms with Gasteiger partial charge in [-0.3, -0.25) is 4.79 Å². The van der Waals surface area contributed by atoms with Gasteiger partial charge in [-0.25, -0.2) is 8.78 Å². The number of carbonyl (C=O) groups is 1. The Hall–Kier alpha value is -2.83. The Labute approximate surface area is 155 Å². The van der Waals surface area contributed by atoms with E-state index in [0.29, 0.717) is 23.3 Å². The molecule has 2 aromatic carbocycles. The van der Waals surface area contributed by atoms with Crippen molar-refractivity contribution < 1.29 is 27.8 Å². The number of hydrogen-bond donors (Lipinski definition) is 1. The van der Waals surface area contributed by atoms with Gasteiger partial charge < -0.3 is 19.5 Å². The van der Waals surface area contributed by atoms with E-state index in [4.69, 9.17) is 14.2 Å². The van der Waals surface area contributed by atoms with E-state index >= 15 is 0 Å². The first-order valence-electron chi connectivity index (χ1n) is 8.93. The van der Waals surface area contributed by atoms with E-state index < -0.39 is 29.9 Å². The maximum absolute atomic E-state index is 13.5. The second-order valence-corrected chi connectivity index (χ2v) is 6.75. The van der Waals surface area contributed by atoms with Crippen molar-refractivity contribution >= 4 is 11.6 Å². The smallest absolute Gasteiger partial charge is 0.262 e. The molecule has 1 spiro atoms. The monoisotopic (exact) mass is 375 g/mol. The Kier molecular flexibility index (Phi) is 4.59. The van der Waals surface area contributed by atoms with Crippen molar-refractivity contribution in [3.63, 3.8) is 0 Å². The molecule has 0 saturated heterocycles. The van der Waals surface area contributed by atoms with Gasteiger partial charge >= 0.3 is 0 Å². The van der Waals surface area contributed by atoms with Crippen molar-refractivity contribution in [1.82, 2.24) is 0 Å². The van der Waals surface area contributed by atoms with Crippen LogP contribution in [0.15, 0.2) is 36.4 Å². The largest absolute Gasteiger partial charge is 0.481 e. The zero-order chi connectivity index (χ0) is 18.9. The molecule has 0 unspecified atom stereocenters. The maximum atomic E-state index is 13.5. The number of fused-ring (bicyclic) bond motifs is 1. The van der Waals surface area contributed by atoms with Crippen LogP contribution in [0.2, 0.25) is 0 Å². The van der Waals surface area contributed by atoms with E-state index in [-0.39, 0.29) is 5.75 Å². The Bertz CT molecular complexity index is 865. The van der Waals surface area contributed by atoms with Gasteiger partial charge in [-0.05, 0) is 37.1 Å². The third-order valence-corrected chi connectivity index (χ3v) is 4.69. The van der Waals surface area contributed by atoms with Crippen molar-refractivity contribution in [3.05, 3.63) is 48.0 Å². The third kappa shape index (κ3) is 3.82. The summed E-state index contributed by atoms with van der Waals surface area (Å²) < 4.78 is 43.5. The normalized spacial score (nSPS) is 17.0. The van der Waals surface area contributed by atoms with Gasteiger partial charge in [0.15, 0.2) is 29.7 Å². The predicted octanol–water partition coefficient (Wildman–Crippen LogP) is 4.41. The van der Waals surface area contributed by atoms with Crippen molar-refractivity contribution in [2.24, 2.45) is 0 Å². The molecular weight excluding hydrogens is 356 g/mol. The zero-order valence-corrected chi connectivity index (χ0v) is 14.6. The van der Waals surface area contributed by atoms with Crippen LogP contribution in [-0.2, 0) is 4.79 Å². The van der Waals surface area contributed by atoms with Crippen LogP contribution in [0.4, 0.5) is 14.5 Å². The number of halogens is 2. The molecule has 1 aliphatic heterocycles. The van der Waals surface area contributed by atoms with Gasteiger partial charge in [0.25, 0.3) is 11.7 Å². The van der Waals surface area contributed by atoms with Crippen LogP contribution in [-0.4, -0.2) is 18.3 Å². The molecule has 1 heterocycles. The van der Waals surface area contributed by atoms with Crippen LogP contribution in [0.5, 0.6) is 17.2 Å². The molecular formula is C20H19F2NO4. The average Bonchev–Trinajstić information content (AvgIpc) is 2.98. The van der Waals surface area contributed by atoms with E-state index in [2.05, 4.69) is 5.32 Å². The molecule has 0 atom stereocenters. The first-order valence-corrected chi connectivity index (χ1v) is 8.93. The molecule has 2 aliphatic rings. The Balaban J connectivity index is 1.36.